The van der Waals surface area contributed by atoms with Gasteiger partial charge < -0.3 is 29.2 Å². The number of hydrogen-bond donors (Lipinski definition) is 1. The van der Waals surface area contributed by atoms with Crippen molar-refractivity contribution in [3.05, 3.63) is 155 Å². The van der Waals surface area contributed by atoms with Gasteiger partial charge in [-0.05, 0) is 97.0 Å². The van der Waals surface area contributed by atoms with Crippen molar-refractivity contribution in [3.8, 4) is 11.5 Å². The molecule has 0 spiro atoms. The molecule has 1 fully saturated rings. The Morgan fingerprint density at radius 1 is 0.867 bits per heavy atom. The maximum atomic E-state index is 12.5. The zero-order valence-electron chi connectivity index (χ0n) is 37.7. The number of esters is 1. The highest BCUT2D eigenvalue weighted by molar-refractivity contribution is 5.97. The Hall–Kier alpha value is -5.60. The van der Waals surface area contributed by atoms with Gasteiger partial charge in [-0.2, -0.15) is 0 Å². The minimum absolute atomic E-state index is 0.176. The van der Waals surface area contributed by atoms with Gasteiger partial charge >= 0.3 is 5.97 Å². The Kier molecular flexibility index (Phi) is 21.0. The molecule has 0 atom stereocenters. The molecule has 1 amide bonds. The van der Waals surface area contributed by atoms with Crippen molar-refractivity contribution in [1.29, 1.82) is 0 Å². The van der Waals surface area contributed by atoms with Crippen LogP contribution >= 0.6 is 0 Å². The molecule has 8 nitrogen and oxygen atoms in total. The number of nitrogens with one attached hydrogen (secondary N) is 1. The normalized spacial score (nSPS) is 12.8. The van der Waals surface area contributed by atoms with Gasteiger partial charge in [0.15, 0.2) is 0 Å². The lowest BCUT2D eigenvalue weighted by Crippen LogP contribution is -2.40. The smallest absolute Gasteiger partial charge is 0.338 e. The van der Waals surface area contributed by atoms with Crippen LogP contribution in [-0.2, 0) is 22.7 Å². The molecule has 0 bridgehead atoms. The van der Waals surface area contributed by atoms with Crippen molar-refractivity contribution in [2.75, 3.05) is 38.8 Å². The molecular weight excluding hydrogens is 749 g/mol. The van der Waals surface area contributed by atoms with Crippen molar-refractivity contribution in [1.82, 2.24) is 5.32 Å². The molecule has 0 aliphatic carbocycles. The first kappa shape index (κ1) is 48.8. The molecule has 1 aliphatic heterocycles. The van der Waals surface area contributed by atoms with Gasteiger partial charge in [-0.25, -0.2) is 4.79 Å². The van der Waals surface area contributed by atoms with E-state index < -0.39 is 0 Å². The molecule has 1 N–H and O–H groups in total. The second kappa shape index (κ2) is 25.8. The van der Waals surface area contributed by atoms with Gasteiger partial charge in [-0.15, -0.1) is 0 Å². The van der Waals surface area contributed by atoms with Crippen LogP contribution in [-0.4, -0.2) is 51.8 Å². The Morgan fingerprint density at radius 3 is 1.92 bits per heavy atom. The van der Waals surface area contributed by atoms with Crippen LogP contribution in [0, 0.1) is 12.8 Å². The summed E-state index contributed by atoms with van der Waals surface area (Å²) < 4.78 is 22.7. The lowest BCUT2D eigenvalue weighted by atomic mass is 9.95. The number of methoxy groups -OCH3 is 1. The number of amides is 1. The summed E-state index contributed by atoms with van der Waals surface area (Å²) in [6.07, 6.45) is 9.76. The minimum atomic E-state index is -0.312. The average molecular weight is 817 g/mol. The third-order valence-corrected chi connectivity index (χ3v) is 9.77. The monoisotopic (exact) mass is 817 g/mol. The number of anilines is 1. The standard InChI is InChI=1S/C25H27NO3.C23H31NO3.C4H10/c1-18(2)21-14-22(25(27)26-3)24(29-17-20-12-8-5-9-13-20)15-23(21)28-16-19-10-6-4-7-11-19;1-6-9-10-18(7-2)19-15-21(23(25)26-5)17(4)22(16-19)24(8-3)20-11-13-27-14-12-20;1-4(2)3/h4-15,18H,16-17H2,1-3H3,(H,26,27);6-7,9-10,15-16,20H,2,8,11-14H2,1,3-5H3;4H,1-3H3/b;9-6-,18-10+;. The fourth-order valence-electron chi connectivity index (χ4n) is 6.65. The van der Waals surface area contributed by atoms with Gasteiger partial charge in [0.05, 0.1) is 18.2 Å². The largest absolute Gasteiger partial charge is 0.488 e. The van der Waals surface area contributed by atoms with Gasteiger partial charge in [-0.3, -0.25) is 4.79 Å². The topological polar surface area (TPSA) is 86.3 Å². The van der Waals surface area contributed by atoms with Crippen LogP contribution in [0.15, 0.2) is 116 Å². The van der Waals surface area contributed by atoms with Gasteiger partial charge in [0.25, 0.3) is 5.91 Å². The molecule has 322 valence electrons. The summed E-state index contributed by atoms with van der Waals surface area (Å²) in [5.41, 5.74) is 8.19. The second-order valence-corrected chi connectivity index (χ2v) is 15.5. The Balaban J connectivity index is 0.000000295. The minimum Gasteiger partial charge on any atom is -0.488 e. The first-order valence-electron chi connectivity index (χ1n) is 21.1. The Labute approximate surface area is 360 Å². The van der Waals surface area contributed by atoms with E-state index in [-0.39, 0.29) is 17.8 Å². The van der Waals surface area contributed by atoms with E-state index >= 15 is 0 Å². The van der Waals surface area contributed by atoms with Crippen LogP contribution < -0.4 is 19.7 Å². The van der Waals surface area contributed by atoms with E-state index in [9.17, 15) is 9.59 Å². The van der Waals surface area contributed by atoms with Crippen LogP contribution in [0.25, 0.3) is 5.57 Å². The van der Waals surface area contributed by atoms with Crippen LogP contribution in [0.2, 0.25) is 0 Å². The third-order valence-electron chi connectivity index (χ3n) is 9.77. The first-order chi connectivity index (χ1) is 28.9. The third kappa shape index (κ3) is 14.9. The fraction of sp³-hybridized carbons (Fsp3) is 0.385. The highest BCUT2D eigenvalue weighted by atomic mass is 16.5. The molecule has 0 saturated carbocycles. The number of carbonyl (C=O) groups is 2. The first-order valence-corrected chi connectivity index (χ1v) is 21.1. The fourth-order valence-corrected chi connectivity index (χ4v) is 6.65. The summed E-state index contributed by atoms with van der Waals surface area (Å²) in [5.74, 6) is 1.80. The number of hydrogen-bond acceptors (Lipinski definition) is 7. The van der Waals surface area contributed by atoms with Gasteiger partial charge in [0.2, 0.25) is 0 Å². The van der Waals surface area contributed by atoms with Crippen molar-refractivity contribution >= 4 is 23.1 Å². The van der Waals surface area contributed by atoms with E-state index in [1.807, 2.05) is 117 Å². The van der Waals surface area contributed by atoms with Crippen LogP contribution in [0.3, 0.4) is 0 Å². The zero-order valence-corrected chi connectivity index (χ0v) is 37.7. The summed E-state index contributed by atoms with van der Waals surface area (Å²) in [6.45, 7) is 24.0. The number of carbonyl (C=O) groups excluding carboxylic acids is 2. The van der Waals surface area contributed by atoms with Crippen LogP contribution in [0.5, 0.6) is 11.5 Å². The van der Waals surface area contributed by atoms with E-state index in [0.29, 0.717) is 36.1 Å². The summed E-state index contributed by atoms with van der Waals surface area (Å²) in [7, 11) is 3.05. The van der Waals surface area contributed by atoms with Crippen molar-refractivity contribution in [3.63, 3.8) is 0 Å². The molecule has 0 unspecified atom stereocenters. The number of rotatable bonds is 15. The molecule has 1 aliphatic rings. The lowest BCUT2D eigenvalue weighted by Gasteiger charge is -2.37. The number of nitrogens with zero attached hydrogens (tertiary/aromatic N) is 1. The second-order valence-electron chi connectivity index (χ2n) is 15.5. The molecule has 1 heterocycles. The maximum absolute atomic E-state index is 12.5. The summed E-state index contributed by atoms with van der Waals surface area (Å²) >= 11 is 0. The van der Waals surface area contributed by atoms with Crippen LogP contribution in [0.4, 0.5) is 5.69 Å². The van der Waals surface area contributed by atoms with Gasteiger partial charge in [0, 0.05) is 44.6 Å². The number of benzene rings is 4. The van der Waals surface area contributed by atoms with Crippen molar-refractivity contribution in [2.45, 2.75) is 93.4 Å². The zero-order chi connectivity index (χ0) is 44.0. The van der Waals surface area contributed by atoms with Gasteiger partial charge in [-0.1, -0.05) is 126 Å². The number of allylic oxidation sites excluding steroid dienone is 5. The molecule has 4 aromatic carbocycles. The molecular formula is C52H68N2O6. The molecule has 0 radical (unpaired) electrons. The van der Waals surface area contributed by atoms with E-state index in [1.54, 1.807) is 7.05 Å². The quantitative estimate of drug-likeness (QED) is 0.0944. The van der Waals surface area contributed by atoms with E-state index in [1.165, 1.54) is 7.11 Å². The van der Waals surface area contributed by atoms with Crippen LogP contribution in [0.1, 0.15) is 116 Å². The molecule has 4 aromatic rings. The molecule has 0 aromatic heterocycles. The average Bonchev–Trinajstić information content (AvgIpc) is 3.26. The number of ether oxygens (including phenoxy) is 4. The Bertz CT molecular complexity index is 1990. The van der Waals surface area contributed by atoms with Gasteiger partial charge in [0.1, 0.15) is 24.7 Å². The predicted molar refractivity (Wildman–Crippen MR) is 248 cm³/mol. The summed E-state index contributed by atoms with van der Waals surface area (Å²) in [6, 6.07) is 28.1. The maximum Gasteiger partial charge on any atom is 0.338 e. The SMILES string of the molecule is C=C/C(=C\C=C/C)c1cc(C(=O)OC)c(C)c(N(CC)C2CCOCC2)c1.CC(C)C.CNC(=O)c1cc(C(C)C)c(OCc2ccccc2)cc1OCc1ccccc1. The van der Waals surface area contributed by atoms with E-state index in [2.05, 4.69) is 64.4 Å². The highest BCUT2D eigenvalue weighted by Gasteiger charge is 2.25. The van der Waals surface area contributed by atoms with Crippen molar-refractivity contribution in [2.24, 2.45) is 5.92 Å². The summed E-state index contributed by atoms with van der Waals surface area (Å²) in [4.78, 5) is 27.3. The molecule has 5 rings (SSSR count). The highest BCUT2D eigenvalue weighted by Crippen LogP contribution is 2.36. The molecule has 1 saturated heterocycles. The Morgan fingerprint density at radius 2 is 1.43 bits per heavy atom. The molecule has 60 heavy (non-hydrogen) atoms. The van der Waals surface area contributed by atoms with Crippen molar-refractivity contribution < 1.29 is 28.5 Å². The summed E-state index contributed by atoms with van der Waals surface area (Å²) in [5, 5.41) is 2.70. The predicted octanol–water partition coefficient (Wildman–Crippen LogP) is 11.9. The van der Waals surface area contributed by atoms with E-state index in [0.717, 1.165) is 83.3 Å². The lowest BCUT2D eigenvalue weighted by molar-refractivity contribution is 0.0599. The van der Waals surface area contributed by atoms with E-state index in [4.69, 9.17) is 18.9 Å². The molecule has 8 heteroatoms.